The van der Waals surface area contributed by atoms with Crippen molar-refractivity contribution in [1.82, 2.24) is 4.98 Å². The van der Waals surface area contributed by atoms with Crippen molar-refractivity contribution < 1.29 is 19.1 Å². The highest BCUT2D eigenvalue weighted by Gasteiger charge is 2.17. The van der Waals surface area contributed by atoms with E-state index in [1.807, 2.05) is 62.4 Å². The van der Waals surface area contributed by atoms with Crippen LogP contribution in [0.1, 0.15) is 28.0 Å². The van der Waals surface area contributed by atoms with Gasteiger partial charge in [-0.3, -0.25) is 9.59 Å². The van der Waals surface area contributed by atoms with Crippen molar-refractivity contribution in [3.63, 3.8) is 0 Å². The number of aryl methyl sites for hydroxylation is 2. The number of aromatic nitrogens is 1. The first-order valence-corrected chi connectivity index (χ1v) is 8.50. The molecule has 0 amide bonds. The molecule has 0 fully saturated rings. The molecular weight excluding hydrogens is 330 g/mol. The monoisotopic (exact) mass is 351 g/mol. The van der Waals surface area contributed by atoms with Gasteiger partial charge in [-0.25, -0.2) is 0 Å². The minimum absolute atomic E-state index is 0.0913. The highest BCUT2D eigenvalue weighted by Crippen LogP contribution is 2.22. The van der Waals surface area contributed by atoms with E-state index in [4.69, 9.17) is 9.47 Å². The Kier molecular flexibility index (Phi) is 5.37. The average Bonchev–Trinajstić information content (AvgIpc) is 2.97. The Bertz CT molecular complexity index is 925. The molecule has 1 heterocycles. The second-order valence-corrected chi connectivity index (χ2v) is 6.17. The topological polar surface area (TPSA) is 68.4 Å². The van der Waals surface area contributed by atoms with Crippen molar-refractivity contribution in [2.45, 2.75) is 20.3 Å². The van der Waals surface area contributed by atoms with Gasteiger partial charge in [0.1, 0.15) is 5.75 Å². The van der Waals surface area contributed by atoms with Crippen LogP contribution in [0, 0.1) is 13.8 Å². The standard InChI is InChI=1S/C21H21NO4/c1-14-7-9-16(10-8-14)25-12-11-20(24)26-13-19(23)21-15(2)22-18-6-4-3-5-17(18)21/h3-10,22H,11-13H2,1-2H3. The van der Waals surface area contributed by atoms with E-state index >= 15 is 0 Å². The third-order valence-electron chi connectivity index (χ3n) is 4.13. The lowest BCUT2D eigenvalue weighted by atomic mass is 10.1. The van der Waals surface area contributed by atoms with Gasteiger partial charge in [-0.05, 0) is 32.0 Å². The number of carbonyl (C=O) groups excluding carboxylic acids is 2. The van der Waals surface area contributed by atoms with Crippen LogP contribution in [0.5, 0.6) is 5.75 Å². The molecule has 0 spiro atoms. The van der Waals surface area contributed by atoms with Gasteiger partial charge < -0.3 is 14.5 Å². The molecule has 1 N–H and O–H groups in total. The maximum atomic E-state index is 12.4. The lowest BCUT2D eigenvalue weighted by Crippen LogP contribution is -2.16. The normalized spacial score (nSPS) is 10.7. The number of Topliss-reactive ketones (excluding diaryl/α,β-unsaturated/α-hetero) is 1. The van der Waals surface area contributed by atoms with Crippen LogP contribution in [0.3, 0.4) is 0 Å². The molecule has 0 bridgehead atoms. The number of hydrogen-bond acceptors (Lipinski definition) is 4. The average molecular weight is 351 g/mol. The van der Waals surface area contributed by atoms with E-state index in [1.54, 1.807) is 0 Å². The number of ether oxygens (including phenoxy) is 2. The minimum atomic E-state index is -0.456. The first-order valence-electron chi connectivity index (χ1n) is 8.50. The second kappa shape index (κ2) is 7.87. The number of fused-ring (bicyclic) bond motifs is 1. The maximum absolute atomic E-state index is 12.4. The van der Waals surface area contributed by atoms with E-state index in [-0.39, 0.29) is 25.4 Å². The van der Waals surface area contributed by atoms with Gasteiger partial charge in [-0.1, -0.05) is 35.9 Å². The molecule has 0 aliphatic rings. The smallest absolute Gasteiger partial charge is 0.309 e. The van der Waals surface area contributed by atoms with Gasteiger partial charge >= 0.3 is 5.97 Å². The number of carbonyl (C=O) groups is 2. The van der Waals surface area contributed by atoms with Gasteiger partial charge in [0, 0.05) is 22.2 Å². The Labute approximate surface area is 151 Å². The molecule has 0 aliphatic heterocycles. The highest BCUT2D eigenvalue weighted by molar-refractivity contribution is 6.10. The molecule has 0 saturated carbocycles. The first-order chi connectivity index (χ1) is 12.5. The quantitative estimate of drug-likeness (QED) is 0.516. The molecule has 5 heteroatoms. The number of aromatic amines is 1. The van der Waals surface area contributed by atoms with Crippen LogP contribution in [0.25, 0.3) is 10.9 Å². The summed E-state index contributed by atoms with van der Waals surface area (Å²) in [6, 6.07) is 15.2. The number of rotatable bonds is 7. The maximum Gasteiger partial charge on any atom is 0.309 e. The largest absolute Gasteiger partial charge is 0.493 e. The highest BCUT2D eigenvalue weighted by atomic mass is 16.5. The molecule has 1 aromatic heterocycles. The fourth-order valence-electron chi connectivity index (χ4n) is 2.81. The Morgan fingerprint density at radius 2 is 1.73 bits per heavy atom. The molecule has 0 atom stereocenters. The summed E-state index contributed by atoms with van der Waals surface area (Å²) in [5.74, 6) is 0.0320. The zero-order valence-electron chi connectivity index (χ0n) is 14.9. The van der Waals surface area contributed by atoms with Crippen molar-refractivity contribution in [1.29, 1.82) is 0 Å². The number of hydrogen-bond donors (Lipinski definition) is 1. The van der Waals surface area contributed by atoms with E-state index in [0.717, 1.165) is 22.2 Å². The van der Waals surface area contributed by atoms with Crippen molar-refractivity contribution in [3.05, 3.63) is 65.4 Å². The summed E-state index contributed by atoms with van der Waals surface area (Å²) in [6.45, 7) is 3.77. The molecule has 2 aromatic carbocycles. The number of nitrogens with one attached hydrogen (secondary N) is 1. The van der Waals surface area contributed by atoms with Crippen LogP contribution in [-0.2, 0) is 9.53 Å². The van der Waals surface area contributed by atoms with Crippen molar-refractivity contribution >= 4 is 22.7 Å². The van der Waals surface area contributed by atoms with E-state index < -0.39 is 5.97 Å². The summed E-state index contributed by atoms with van der Waals surface area (Å²) in [4.78, 5) is 27.5. The third kappa shape index (κ3) is 4.11. The van der Waals surface area contributed by atoms with Gasteiger partial charge in [-0.15, -0.1) is 0 Å². The molecule has 3 rings (SSSR count). The Balaban J connectivity index is 1.50. The van der Waals surface area contributed by atoms with Crippen LogP contribution in [0.15, 0.2) is 48.5 Å². The Hall–Kier alpha value is -3.08. The van der Waals surface area contributed by atoms with E-state index in [1.165, 1.54) is 0 Å². The predicted octanol–water partition coefficient (Wildman–Crippen LogP) is 3.98. The van der Waals surface area contributed by atoms with E-state index in [9.17, 15) is 9.59 Å². The molecule has 134 valence electrons. The van der Waals surface area contributed by atoms with E-state index in [2.05, 4.69) is 4.98 Å². The second-order valence-electron chi connectivity index (χ2n) is 6.17. The lowest BCUT2D eigenvalue weighted by Gasteiger charge is -2.07. The molecule has 0 radical (unpaired) electrons. The third-order valence-corrected chi connectivity index (χ3v) is 4.13. The number of esters is 1. The fourth-order valence-corrected chi connectivity index (χ4v) is 2.81. The summed E-state index contributed by atoms with van der Waals surface area (Å²) in [5.41, 5.74) is 3.38. The van der Waals surface area contributed by atoms with Crippen LogP contribution >= 0.6 is 0 Å². The molecule has 3 aromatic rings. The summed E-state index contributed by atoms with van der Waals surface area (Å²) >= 11 is 0. The van der Waals surface area contributed by atoms with Crippen LogP contribution < -0.4 is 4.74 Å². The molecule has 26 heavy (non-hydrogen) atoms. The van der Waals surface area contributed by atoms with Gasteiger partial charge in [-0.2, -0.15) is 0 Å². The SMILES string of the molecule is Cc1ccc(OCCC(=O)OCC(=O)c2c(C)[nH]c3ccccc23)cc1. The van der Waals surface area contributed by atoms with Gasteiger partial charge in [0.2, 0.25) is 5.78 Å². The zero-order valence-corrected chi connectivity index (χ0v) is 14.9. The van der Waals surface area contributed by atoms with Gasteiger partial charge in [0.15, 0.2) is 6.61 Å². The number of benzene rings is 2. The van der Waals surface area contributed by atoms with Gasteiger partial charge in [0.25, 0.3) is 0 Å². The summed E-state index contributed by atoms with van der Waals surface area (Å²) in [6.07, 6.45) is 0.0913. The van der Waals surface area contributed by atoms with Crippen LogP contribution in [0.2, 0.25) is 0 Å². The molecule has 5 nitrogen and oxygen atoms in total. The van der Waals surface area contributed by atoms with Gasteiger partial charge in [0.05, 0.1) is 13.0 Å². The first kappa shape index (κ1) is 17.7. The van der Waals surface area contributed by atoms with Crippen LogP contribution in [0.4, 0.5) is 0 Å². The zero-order chi connectivity index (χ0) is 18.5. The van der Waals surface area contributed by atoms with Crippen molar-refractivity contribution in [2.24, 2.45) is 0 Å². The van der Waals surface area contributed by atoms with E-state index in [0.29, 0.717) is 11.3 Å². The summed E-state index contributed by atoms with van der Waals surface area (Å²) in [7, 11) is 0. The molecular formula is C21H21NO4. The summed E-state index contributed by atoms with van der Waals surface area (Å²) < 4.78 is 10.6. The fraction of sp³-hybridized carbons (Fsp3) is 0.238. The van der Waals surface area contributed by atoms with Crippen molar-refractivity contribution in [2.75, 3.05) is 13.2 Å². The Morgan fingerprint density at radius 3 is 2.50 bits per heavy atom. The van der Waals surface area contributed by atoms with Crippen LogP contribution in [-0.4, -0.2) is 30.0 Å². The minimum Gasteiger partial charge on any atom is -0.493 e. The number of H-pyrrole nitrogens is 1. The summed E-state index contributed by atoms with van der Waals surface area (Å²) in [5, 5.41) is 0.841. The number of ketones is 1. The Morgan fingerprint density at radius 1 is 1.00 bits per heavy atom. The lowest BCUT2D eigenvalue weighted by molar-refractivity contribution is -0.143. The van der Waals surface area contributed by atoms with Crippen molar-refractivity contribution in [3.8, 4) is 5.75 Å². The molecule has 0 aliphatic carbocycles. The molecule has 0 unspecified atom stereocenters. The number of para-hydroxylation sites is 1. The molecule has 0 saturated heterocycles. The predicted molar refractivity (Wildman–Crippen MR) is 99.6 cm³/mol.